The molecule has 10 rings (SSSR count). The zero-order valence-corrected chi connectivity index (χ0v) is 27.2. The van der Waals surface area contributed by atoms with Crippen molar-refractivity contribution >= 4 is 53.4 Å². The van der Waals surface area contributed by atoms with Gasteiger partial charge >= 0.3 is 0 Å². The molecule has 0 spiro atoms. The first-order chi connectivity index (χ1) is 26.9. The number of aromatic nitrogens is 3. The molecule has 4 nitrogen and oxygen atoms in total. The molecular weight excluding hydrogens is 631 g/mol. The smallest absolute Gasteiger partial charge is 0.164 e. The van der Waals surface area contributed by atoms with Gasteiger partial charge in [0.15, 0.2) is 17.5 Å². The number of furan rings is 1. The number of nitrogens with zero attached hydrogens (tertiary/aromatic N) is 3. The van der Waals surface area contributed by atoms with Crippen LogP contribution in [0.25, 0.3) is 98.5 Å². The average Bonchev–Trinajstić information content (AvgIpc) is 3.82. The van der Waals surface area contributed by atoms with Crippen LogP contribution in [0, 0.1) is 0 Å². The van der Waals surface area contributed by atoms with E-state index in [4.69, 9.17) is 26.2 Å². The largest absolute Gasteiger partial charge is 0.456 e. The highest BCUT2D eigenvalue weighted by atomic mass is 32.1. The fourth-order valence-corrected chi connectivity index (χ4v) is 7.99. The monoisotopic (exact) mass is 662 g/mol. The van der Waals surface area contributed by atoms with Crippen LogP contribution in [0.3, 0.4) is 0 Å². The van der Waals surface area contributed by atoms with Crippen LogP contribution in [0.4, 0.5) is 0 Å². The first kappa shape index (κ1) is 23.8. The van der Waals surface area contributed by atoms with Gasteiger partial charge in [0.1, 0.15) is 11.2 Å². The predicted octanol–water partition coefficient (Wildman–Crippen LogP) is 12.5. The standard InChI is InChI=1S/C45H27N3OS/c1-3-12-28(13-4-1)29-24-26-31(27-25-29)44-46-43(30-14-5-2-6-15-30)47-45(48-44)36-20-11-22-38-41(36)40-33(17-10-21-37(40)49-38)35-19-9-18-34-32-16-7-8-23-39(32)50-42(34)35/h1-27H/i1D,3D,4D,12D,13D. The van der Waals surface area contributed by atoms with Gasteiger partial charge in [0.25, 0.3) is 0 Å². The Morgan fingerprint density at radius 3 is 1.80 bits per heavy atom. The van der Waals surface area contributed by atoms with E-state index in [-0.39, 0.29) is 29.7 Å². The topological polar surface area (TPSA) is 51.8 Å². The minimum atomic E-state index is -0.425. The molecule has 0 fully saturated rings. The van der Waals surface area contributed by atoms with Gasteiger partial charge in [0.05, 0.1) is 6.85 Å². The SMILES string of the molecule is [2H]c1c([2H])c([2H])c(-c2ccc(-c3nc(-c4ccccc4)nc(-c4cccc5oc6cccc(-c7cccc8c7sc7ccccc78)c6c45)n3)cc2)c([2H])c1[2H]. The lowest BCUT2D eigenvalue weighted by molar-refractivity contribution is 0.669. The van der Waals surface area contributed by atoms with E-state index in [9.17, 15) is 0 Å². The summed E-state index contributed by atoms with van der Waals surface area (Å²) in [5.41, 5.74) is 6.60. The molecule has 0 radical (unpaired) electrons. The highest BCUT2D eigenvalue weighted by Crippen LogP contribution is 2.45. The summed E-state index contributed by atoms with van der Waals surface area (Å²) in [4.78, 5) is 15.1. The molecule has 0 N–H and O–H groups in total. The van der Waals surface area contributed by atoms with E-state index in [1.54, 1.807) is 23.5 Å². The second kappa shape index (κ2) is 11.6. The quantitative estimate of drug-likeness (QED) is 0.184. The first-order valence-corrected chi connectivity index (χ1v) is 17.0. The zero-order valence-electron chi connectivity index (χ0n) is 31.4. The molecule has 50 heavy (non-hydrogen) atoms. The van der Waals surface area contributed by atoms with Crippen LogP contribution < -0.4 is 0 Å². The molecule has 0 aliphatic heterocycles. The maximum Gasteiger partial charge on any atom is 0.164 e. The molecule has 5 heteroatoms. The molecule has 0 atom stereocenters. The van der Waals surface area contributed by atoms with Gasteiger partial charge in [0.2, 0.25) is 0 Å². The predicted molar refractivity (Wildman–Crippen MR) is 207 cm³/mol. The highest BCUT2D eigenvalue weighted by molar-refractivity contribution is 7.26. The van der Waals surface area contributed by atoms with Crippen molar-refractivity contribution in [3.8, 4) is 56.4 Å². The van der Waals surface area contributed by atoms with Crippen molar-refractivity contribution in [2.24, 2.45) is 0 Å². The van der Waals surface area contributed by atoms with Gasteiger partial charge in [0, 0.05) is 53.2 Å². The third-order valence-corrected chi connectivity index (χ3v) is 10.3. The van der Waals surface area contributed by atoms with Gasteiger partial charge < -0.3 is 4.42 Å². The Kier molecular flexibility index (Phi) is 5.54. The minimum absolute atomic E-state index is 0.138. The summed E-state index contributed by atoms with van der Waals surface area (Å²) in [6.45, 7) is 0. The van der Waals surface area contributed by atoms with Crippen molar-refractivity contribution in [1.82, 2.24) is 15.0 Å². The van der Waals surface area contributed by atoms with E-state index in [2.05, 4.69) is 48.5 Å². The van der Waals surface area contributed by atoms with Crippen LogP contribution in [-0.4, -0.2) is 15.0 Å². The molecule has 0 aliphatic carbocycles. The van der Waals surface area contributed by atoms with Gasteiger partial charge in [-0.1, -0.05) is 145 Å². The number of fused-ring (bicyclic) bond motifs is 6. The normalized spacial score (nSPS) is 13.0. The maximum absolute atomic E-state index is 8.47. The van der Waals surface area contributed by atoms with Crippen molar-refractivity contribution in [2.75, 3.05) is 0 Å². The van der Waals surface area contributed by atoms with E-state index < -0.39 is 6.04 Å². The van der Waals surface area contributed by atoms with E-state index in [1.165, 1.54) is 20.2 Å². The molecule has 0 saturated heterocycles. The highest BCUT2D eigenvalue weighted by Gasteiger charge is 2.21. The molecule has 234 valence electrons. The van der Waals surface area contributed by atoms with Gasteiger partial charge in [-0.3, -0.25) is 0 Å². The number of hydrogen-bond acceptors (Lipinski definition) is 5. The third-order valence-electron chi connectivity index (χ3n) is 9.06. The Bertz CT molecular complexity index is 3130. The van der Waals surface area contributed by atoms with Crippen molar-refractivity contribution < 1.29 is 11.3 Å². The van der Waals surface area contributed by atoms with E-state index in [0.29, 0.717) is 28.6 Å². The Hall–Kier alpha value is -6.43. The summed E-state index contributed by atoms with van der Waals surface area (Å²) < 4.78 is 50.2. The molecule has 7 aromatic carbocycles. The number of thiophene rings is 1. The molecule has 0 saturated carbocycles. The number of hydrogen-bond donors (Lipinski definition) is 0. The maximum atomic E-state index is 8.47. The van der Waals surface area contributed by atoms with E-state index in [1.807, 2.05) is 72.8 Å². The lowest BCUT2D eigenvalue weighted by atomic mass is 9.96. The van der Waals surface area contributed by atoms with Crippen LogP contribution in [0.1, 0.15) is 6.85 Å². The summed E-state index contributed by atoms with van der Waals surface area (Å²) in [7, 11) is 0. The minimum Gasteiger partial charge on any atom is -0.456 e. The fraction of sp³-hybridized carbons (Fsp3) is 0. The van der Waals surface area contributed by atoms with Gasteiger partial charge in [-0.2, -0.15) is 0 Å². The lowest BCUT2D eigenvalue weighted by Gasteiger charge is -2.11. The third kappa shape index (κ3) is 4.71. The summed E-state index contributed by atoms with van der Waals surface area (Å²) in [6.07, 6.45) is 0. The van der Waals surface area contributed by atoms with E-state index in [0.717, 1.165) is 44.2 Å². The Morgan fingerprint density at radius 2 is 1.02 bits per heavy atom. The summed E-state index contributed by atoms with van der Waals surface area (Å²) >= 11 is 1.79. The Morgan fingerprint density at radius 1 is 0.440 bits per heavy atom. The average molecular weight is 663 g/mol. The lowest BCUT2D eigenvalue weighted by Crippen LogP contribution is -2.00. The van der Waals surface area contributed by atoms with Crippen LogP contribution >= 0.6 is 11.3 Å². The molecule has 0 amide bonds. The van der Waals surface area contributed by atoms with Crippen molar-refractivity contribution in [1.29, 1.82) is 0 Å². The Labute approximate surface area is 299 Å². The zero-order chi connectivity index (χ0) is 37.4. The van der Waals surface area contributed by atoms with E-state index >= 15 is 0 Å². The second-order valence-electron chi connectivity index (χ2n) is 12.0. The molecule has 0 bridgehead atoms. The van der Waals surface area contributed by atoms with Crippen LogP contribution in [0.2, 0.25) is 0 Å². The fourth-order valence-electron chi connectivity index (χ4n) is 6.76. The number of benzene rings is 7. The van der Waals surface area contributed by atoms with Gasteiger partial charge in [-0.25, -0.2) is 15.0 Å². The molecule has 3 heterocycles. The first-order valence-electron chi connectivity index (χ1n) is 18.7. The van der Waals surface area contributed by atoms with Crippen LogP contribution in [0.5, 0.6) is 0 Å². The van der Waals surface area contributed by atoms with Gasteiger partial charge in [-0.05, 0) is 34.9 Å². The summed E-state index contributed by atoms with van der Waals surface area (Å²) in [5, 5.41) is 4.33. The molecule has 0 unspecified atom stereocenters. The molecule has 0 aliphatic rings. The second-order valence-corrected chi connectivity index (χ2v) is 13.0. The van der Waals surface area contributed by atoms with Crippen molar-refractivity contribution in [2.45, 2.75) is 0 Å². The molecule has 3 aromatic heterocycles. The van der Waals surface area contributed by atoms with Crippen molar-refractivity contribution in [3.63, 3.8) is 0 Å². The van der Waals surface area contributed by atoms with Crippen LogP contribution in [-0.2, 0) is 0 Å². The summed E-state index contributed by atoms with van der Waals surface area (Å²) in [6, 6.07) is 42.3. The summed E-state index contributed by atoms with van der Waals surface area (Å²) in [5.74, 6) is 1.40. The van der Waals surface area contributed by atoms with Gasteiger partial charge in [-0.15, -0.1) is 11.3 Å². The van der Waals surface area contributed by atoms with Crippen LogP contribution in [0.15, 0.2) is 168 Å². The Balaban J connectivity index is 1.18. The molecular formula is C45H27N3OS. The van der Waals surface area contributed by atoms with Crippen molar-refractivity contribution in [3.05, 3.63) is 164 Å². The number of rotatable bonds is 5. The molecule has 10 aromatic rings.